The predicted molar refractivity (Wildman–Crippen MR) is 70.7 cm³/mol. The fraction of sp³-hybridized carbons (Fsp3) is 0.500. The number of carbonyl (C=O) groups excluding carboxylic acids is 1. The number of hydrogen-bond acceptors (Lipinski definition) is 2. The highest BCUT2D eigenvalue weighted by atomic mass is 19.4. The smallest absolute Gasteiger partial charge is 0.387 e. The van der Waals surface area contributed by atoms with E-state index < -0.39 is 17.6 Å². The topological polar surface area (TPSA) is 41.1 Å². The molecule has 0 bridgehead atoms. The van der Waals surface area contributed by atoms with Gasteiger partial charge in [0.25, 0.3) is 5.91 Å². The Bertz CT molecular complexity index is 494. The molecule has 0 heterocycles. The van der Waals surface area contributed by atoms with Gasteiger partial charge in [-0.1, -0.05) is 12.8 Å². The van der Waals surface area contributed by atoms with Crippen LogP contribution in [-0.4, -0.2) is 19.0 Å². The van der Waals surface area contributed by atoms with Gasteiger partial charge in [-0.05, 0) is 31.0 Å². The molecule has 1 aromatic carbocycles. The molecule has 1 fully saturated rings. The Hall–Kier alpha value is -1.72. The molecule has 1 aliphatic carbocycles. The minimum atomic E-state index is -4.45. The molecule has 1 amide bonds. The van der Waals surface area contributed by atoms with Gasteiger partial charge in [0.15, 0.2) is 0 Å². The Kier molecular flexibility index (Phi) is 4.20. The predicted octanol–water partition coefficient (Wildman–Crippen LogP) is 3.42. The average Bonchev–Trinajstić information content (AvgIpc) is 2.89. The first-order chi connectivity index (χ1) is 9.41. The summed E-state index contributed by atoms with van der Waals surface area (Å²) < 4.78 is 38.2. The second kappa shape index (κ2) is 5.73. The largest absolute Gasteiger partial charge is 0.416 e. The van der Waals surface area contributed by atoms with Crippen molar-refractivity contribution in [1.82, 2.24) is 5.32 Å². The third-order valence-electron chi connectivity index (χ3n) is 3.55. The second-order valence-electron chi connectivity index (χ2n) is 4.96. The average molecular weight is 286 g/mol. The van der Waals surface area contributed by atoms with Crippen molar-refractivity contribution in [2.75, 3.05) is 12.4 Å². The lowest BCUT2D eigenvalue weighted by Gasteiger charge is -2.16. The summed E-state index contributed by atoms with van der Waals surface area (Å²) in [6.07, 6.45) is -0.577. The van der Waals surface area contributed by atoms with Crippen LogP contribution in [0.5, 0.6) is 0 Å². The zero-order valence-corrected chi connectivity index (χ0v) is 11.2. The van der Waals surface area contributed by atoms with Crippen molar-refractivity contribution in [2.45, 2.75) is 37.9 Å². The lowest BCUT2D eigenvalue weighted by atomic mass is 10.1. The summed E-state index contributed by atoms with van der Waals surface area (Å²) in [5, 5.41) is 5.55. The molecule has 1 saturated carbocycles. The SMILES string of the molecule is CNc1ccc(C(F)(F)F)cc1C(=O)NC1CCCC1. The molecule has 0 aliphatic heterocycles. The van der Waals surface area contributed by atoms with Gasteiger partial charge in [-0.25, -0.2) is 0 Å². The van der Waals surface area contributed by atoms with Crippen LogP contribution in [0.2, 0.25) is 0 Å². The number of halogens is 3. The summed E-state index contributed by atoms with van der Waals surface area (Å²) >= 11 is 0. The molecular formula is C14H17F3N2O. The van der Waals surface area contributed by atoms with Crippen LogP contribution in [0.3, 0.4) is 0 Å². The van der Waals surface area contributed by atoms with E-state index in [4.69, 9.17) is 0 Å². The maximum atomic E-state index is 12.7. The molecule has 1 aromatic rings. The van der Waals surface area contributed by atoms with Crippen molar-refractivity contribution in [3.05, 3.63) is 29.3 Å². The van der Waals surface area contributed by atoms with Gasteiger partial charge in [0.2, 0.25) is 0 Å². The van der Waals surface area contributed by atoms with Gasteiger partial charge >= 0.3 is 6.18 Å². The van der Waals surface area contributed by atoms with Crippen LogP contribution >= 0.6 is 0 Å². The van der Waals surface area contributed by atoms with Crippen molar-refractivity contribution < 1.29 is 18.0 Å². The van der Waals surface area contributed by atoms with Crippen LogP contribution in [0, 0.1) is 0 Å². The van der Waals surface area contributed by atoms with Crippen molar-refractivity contribution in [2.24, 2.45) is 0 Å². The lowest BCUT2D eigenvalue weighted by Crippen LogP contribution is -2.33. The standard InChI is InChI=1S/C14H17F3N2O/c1-18-12-7-6-9(14(15,16)17)8-11(12)13(20)19-10-4-2-3-5-10/h6-8,10,18H,2-5H2,1H3,(H,19,20). The van der Waals surface area contributed by atoms with Crippen LogP contribution in [0.4, 0.5) is 18.9 Å². The molecule has 0 unspecified atom stereocenters. The third-order valence-corrected chi connectivity index (χ3v) is 3.55. The molecule has 1 aliphatic rings. The zero-order valence-electron chi connectivity index (χ0n) is 11.2. The normalized spacial score (nSPS) is 16.2. The van der Waals surface area contributed by atoms with Gasteiger partial charge in [-0.15, -0.1) is 0 Å². The van der Waals surface area contributed by atoms with E-state index in [0.717, 1.165) is 37.8 Å². The maximum absolute atomic E-state index is 12.7. The fourth-order valence-corrected chi connectivity index (χ4v) is 2.46. The number of benzene rings is 1. The molecule has 110 valence electrons. The number of rotatable bonds is 3. The van der Waals surface area contributed by atoms with Crippen molar-refractivity contribution >= 4 is 11.6 Å². The summed E-state index contributed by atoms with van der Waals surface area (Å²) in [6.45, 7) is 0. The van der Waals surface area contributed by atoms with Gasteiger partial charge in [-0.2, -0.15) is 13.2 Å². The van der Waals surface area contributed by atoms with E-state index in [1.165, 1.54) is 6.07 Å². The molecular weight excluding hydrogens is 269 g/mol. The molecule has 0 saturated heterocycles. The van der Waals surface area contributed by atoms with E-state index in [0.29, 0.717) is 5.69 Å². The van der Waals surface area contributed by atoms with Gasteiger partial charge in [0.05, 0.1) is 11.1 Å². The third kappa shape index (κ3) is 3.23. The first kappa shape index (κ1) is 14.7. The number of amides is 1. The van der Waals surface area contributed by atoms with Crippen LogP contribution in [0.1, 0.15) is 41.6 Å². The Labute approximate surface area is 115 Å². The first-order valence-corrected chi connectivity index (χ1v) is 6.61. The van der Waals surface area contributed by atoms with Gasteiger partial charge in [-0.3, -0.25) is 4.79 Å². The van der Waals surface area contributed by atoms with Crippen LogP contribution in [-0.2, 0) is 6.18 Å². The molecule has 0 radical (unpaired) electrons. The van der Waals surface area contributed by atoms with E-state index >= 15 is 0 Å². The van der Waals surface area contributed by atoms with E-state index in [9.17, 15) is 18.0 Å². The number of carbonyl (C=O) groups is 1. The highest BCUT2D eigenvalue weighted by Crippen LogP contribution is 2.32. The molecule has 2 N–H and O–H groups in total. The summed E-state index contributed by atoms with van der Waals surface area (Å²) in [5.74, 6) is -0.452. The number of alkyl halides is 3. The van der Waals surface area contributed by atoms with E-state index in [1.54, 1.807) is 7.05 Å². The molecule has 3 nitrogen and oxygen atoms in total. The van der Waals surface area contributed by atoms with Crippen LogP contribution in [0.15, 0.2) is 18.2 Å². The molecule has 2 rings (SSSR count). The van der Waals surface area contributed by atoms with Gasteiger partial charge < -0.3 is 10.6 Å². The Morgan fingerprint density at radius 1 is 1.25 bits per heavy atom. The number of nitrogens with one attached hydrogen (secondary N) is 2. The molecule has 6 heteroatoms. The molecule has 0 spiro atoms. The van der Waals surface area contributed by atoms with Crippen LogP contribution in [0.25, 0.3) is 0 Å². The minimum Gasteiger partial charge on any atom is -0.387 e. The lowest BCUT2D eigenvalue weighted by molar-refractivity contribution is -0.137. The van der Waals surface area contributed by atoms with Crippen molar-refractivity contribution in [3.8, 4) is 0 Å². The first-order valence-electron chi connectivity index (χ1n) is 6.61. The number of anilines is 1. The van der Waals surface area contributed by atoms with E-state index in [-0.39, 0.29) is 11.6 Å². The summed E-state index contributed by atoms with van der Waals surface area (Å²) in [7, 11) is 1.58. The van der Waals surface area contributed by atoms with Crippen molar-refractivity contribution in [3.63, 3.8) is 0 Å². The highest BCUT2D eigenvalue weighted by molar-refractivity contribution is 6.00. The Balaban J connectivity index is 2.25. The second-order valence-corrected chi connectivity index (χ2v) is 4.96. The van der Waals surface area contributed by atoms with Gasteiger partial charge in [0.1, 0.15) is 0 Å². The summed E-state index contributed by atoms with van der Waals surface area (Å²) in [6, 6.07) is 3.22. The van der Waals surface area contributed by atoms with Crippen LogP contribution < -0.4 is 10.6 Å². The summed E-state index contributed by atoms with van der Waals surface area (Å²) in [4.78, 5) is 12.1. The van der Waals surface area contributed by atoms with Gasteiger partial charge in [0, 0.05) is 18.8 Å². The number of hydrogen-bond donors (Lipinski definition) is 2. The Morgan fingerprint density at radius 2 is 1.90 bits per heavy atom. The van der Waals surface area contributed by atoms with E-state index in [1.807, 2.05) is 0 Å². The summed E-state index contributed by atoms with van der Waals surface area (Å²) in [5.41, 5.74) is -0.379. The fourth-order valence-electron chi connectivity index (χ4n) is 2.46. The van der Waals surface area contributed by atoms with E-state index in [2.05, 4.69) is 10.6 Å². The minimum absolute atomic E-state index is 0.0363. The maximum Gasteiger partial charge on any atom is 0.416 e. The molecule has 0 aromatic heterocycles. The zero-order chi connectivity index (χ0) is 14.8. The highest BCUT2D eigenvalue weighted by Gasteiger charge is 2.32. The quantitative estimate of drug-likeness (QED) is 0.894. The van der Waals surface area contributed by atoms with Crippen molar-refractivity contribution in [1.29, 1.82) is 0 Å². The molecule has 0 atom stereocenters. The monoisotopic (exact) mass is 286 g/mol. The molecule has 20 heavy (non-hydrogen) atoms. The Morgan fingerprint density at radius 3 is 2.45 bits per heavy atom.